The molecule has 1 saturated heterocycles. The number of nitrogens with zero attached hydrogens (tertiary/aromatic N) is 3. The normalized spacial score (nSPS) is 20.1. The Hall–Kier alpha value is -1.99. The van der Waals surface area contributed by atoms with Crippen LogP contribution in [0.1, 0.15) is 23.3 Å². The number of nitrogens with one attached hydrogen (secondary N) is 2. The van der Waals surface area contributed by atoms with E-state index in [4.69, 9.17) is 4.74 Å². The number of hydrogen-bond donors (Lipinski definition) is 2. The number of rotatable bonds is 3. The summed E-state index contributed by atoms with van der Waals surface area (Å²) < 4.78 is 5.55. The van der Waals surface area contributed by atoms with Crippen LogP contribution in [0.4, 0.5) is 0 Å². The van der Waals surface area contributed by atoms with Crippen LogP contribution >= 0.6 is 0 Å². The van der Waals surface area contributed by atoms with Gasteiger partial charge in [0, 0.05) is 31.0 Å². The third-order valence-electron chi connectivity index (χ3n) is 3.39. The molecular weight excluding hydrogens is 258 g/mol. The van der Waals surface area contributed by atoms with Crippen LogP contribution in [0.3, 0.4) is 0 Å². The van der Waals surface area contributed by atoms with Crippen LogP contribution in [0.25, 0.3) is 0 Å². The highest BCUT2D eigenvalue weighted by molar-refractivity contribution is 5.10. The van der Waals surface area contributed by atoms with E-state index in [0.717, 1.165) is 24.5 Å². The van der Waals surface area contributed by atoms with Crippen molar-refractivity contribution in [2.45, 2.75) is 19.5 Å². The molecule has 7 heteroatoms. The van der Waals surface area contributed by atoms with E-state index < -0.39 is 0 Å². The van der Waals surface area contributed by atoms with E-state index in [1.807, 2.05) is 6.20 Å². The van der Waals surface area contributed by atoms with E-state index in [1.54, 1.807) is 19.3 Å². The van der Waals surface area contributed by atoms with Crippen LogP contribution in [-0.4, -0.2) is 44.6 Å². The minimum absolute atomic E-state index is 0.00644. The van der Waals surface area contributed by atoms with E-state index in [2.05, 4.69) is 24.8 Å². The molecule has 3 heterocycles. The predicted octanol–water partition coefficient (Wildman–Crippen LogP) is 0.375. The van der Waals surface area contributed by atoms with E-state index in [-0.39, 0.29) is 11.6 Å². The summed E-state index contributed by atoms with van der Waals surface area (Å²) in [6, 6.07) is 1.54. The molecule has 0 unspecified atom stereocenters. The maximum Gasteiger partial charge on any atom is 0.251 e. The van der Waals surface area contributed by atoms with Crippen LogP contribution in [0, 0.1) is 6.92 Å². The van der Waals surface area contributed by atoms with Crippen molar-refractivity contribution in [1.29, 1.82) is 0 Å². The zero-order valence-electron chi connectivity index (χ0n) is 11.3. The highest BCUT2D eigenvalue weighted by atomic mass is 16.5. The highest BCUT2D eigenvalue weighted by Gasteiger charge is 2.26. The Morgan fingerprint density at radius 1 is 1.55 bits per heavy atom. The second kappa shape index (κ2) is 5.56. The van der Waals surface area contributed by atoms with Gasteiger partial charge < -0.3 is 14.7 Å². The summed E-state index contributed by atoms with van der Waals surface area (Å²) in [5, 5.41) is 0. The molecule has 0 radical (unpaired) electrons. The molecule has 1 atom stereocenters. The van der Waals surface area contributed by atoms with Crippen LogP contribution in [-0.2, 0) is 11.3 Å². The lowest BCUT2D eigenvalue weighted by Gasteiger charge is -2.34. The molecule has 106 valence electrons. The Labute approximate surface area is 116 Å². The first-order valence-electron chi connectivity index (χ1n) is 6.59. The van der Waals surface area contributed by atoms with Gasteiger partial charge in [-0.2, -0.15) is 0 Å². The molecule has 0 saturated carbocycles. The Balaban J connectivity index is 1.86. The second-order valence-corrected chi connectivity index (χ2v) is 4.89. The van der Waals surface area contributed by atoms with Gasteiger partial charge in [0.15, 0.2) is 0 Å². The zero-order chi connectivity index (χ0) is 13.9. The Morgan fingerprint density at radius 3 is 3.20 bits per heavy atom. The van der Waals surface area contributed by atoms with Crippen LogP contribution < -0.4 is 5.56 Å². The molecule has 2 aromatic rings. The van der Waals surface area contributed by atoms with Gasteiger partial charge in [-0.05, 0) is 6.92 Å². The van der Waals surface area contributed by atoms with Crippen molar-refractivity contribution in [3.8, 4) is 0 Å². The summed E-state index contributed by atoms with van der Waals surface area (Å²) in [6.45, 7) is 4.56. The minimum Gasteiger partial charge on any atom is -0.378 e. The molecule has 3 rings (SSSR count). The Kier molecular flexibility index (Phi) is 3.62. The van der Waals surface area contributed by atoms with E-state index >= 15 is 0 Å². The zero-order valence-corrected chi connectivity index (χ0v) is 11.3. The number of aromatic amines is 2. The van der Waals surface area contributed by atoms with Gasteiger partial charge >= 0.3 is 0 Å². The van der Waals surface area contributed by atoms with Crippen LogP contribution in [0.2, 0.25) is 0 Å². The van der Waals surface area contributed by atoms with E-state index in [9.17, 15) is 4.79 Å². The van der Waals surface area contributed by atoms with Gasteiger partial charge in [-0.1, -0.05) is 0 Å². The molecule has 1 aliphatic heterocycles. The summed E-state index contributed by atoms with van der Waals surface area (Å²) in [5.41, 5.74) is 1.67. The molecule has 0 bridgehead atoms. The fourth-order valence-electron chi connectivity index (χ4n) is 2.46. The van der Waals surface area contributed by atoms with Gasteiger partial charge in [-0.25, -0.2) is 9.97 Å². The number of aryl methyl sites for hydroxylation is 1. The number of morpholine rings is 1. The predicted molar refractivity (Wildman–Crippen MR) is 72.2 cm³/mol. The van der Waals surface area contributed by atoms with Crippen molar-refractivity contribution >= 4 is 0 Å². The van der Waals surface area contributed by atoms with Crippen LogP contribution in [0.15, 0.2) is 23.4 Å². The van der Waals surface area contributed by atoms with Crippen molar-refractivity contribution in [3.05, 3.63) is 46.2 Å². The quantitative estimate of drug-likeness (QED) is 0.845. The van der Waals surface area contributed by atoms with E-state index in [1.165, 1.54) is 0 Å². The summed E-state index contributed by atoms with van der Waals surface area (Å²) >= 11 is 0. The fourth-order valence-corrected chi connectivity index (χ4v) is 2.46. The van der Waals surface area contributed by atoms with Crippen molar-refractivity contribution in [1.82, 2.24) is 24.8 Å². The first-order chi connectivity index (χ1) is 9.72. The molecule has 1 fully saturated rings. The largest absolute Gasteiger partial charge is 0.378 e. The second-order valence-electron chi connectivity index (χ2n) is 4.89. The monoisotopic (exact) mass is 275 g/mol. The number of imidazole rings is 1. The Morgan fingerprint density at radius 2 is 2.45 bits per heavy atom. The van der Waals surface area contributed by atoms with Crippen molar-refractivity contribution < 1.29 is 4.74 Å². The number of hydrogen-bond acceptors (Lipinski definition) is 5. The molecule has 20 heavy (non-hydrogen) atoms. The molecule has 0 spiro atoms. The molecule has 7 nitrogen and oxygen atoms in total. The van der Waals surface area contributed by atoms with Gasteiger partial charge in [0.25, 0.3) is 5.56 Å². The summed E-state index contributed by atoms with van der Waals surface area (Å²) in [7, 11) is 0. The topological polar surface area (TPSA) is 86.9 Å². The Bertz CT molecular complexity index is 622. The van der Waals surface area contributed by atoms with E-state index in [0.29, 0.717) is 19.0 Å². The smallest absolute Gasteiger partial charge is 0.251 e. The summed E-state index contributed by atoms with van der Waals surface area (Å²) in [4.78, 5) is 28.1. The molecular formula is C13H17N5O2. The average molecular weight is 275 g/mol. The standard InChI is InChI=1S/C13H17N5O2/c1-9-16-11(4-13(19)17-9)12-7-20-3-2-18(12)6-10-5-14-8-15-10/h4-5,8,12H,2-3,6-7H2,1H3,(H,14,15)(H,16,17,19)/t12-/m0/s1. The van der Waals surface area contributed by atoms with Crippen molar-refractivity contribution in [2.24, 2.45) is 0 Å². The lowest BCUT2D eigenvalue weighted by Crippen LogP contribution is -2.40. The molecule has 0 aromatic carbocycles. The molecule has 0 amide bonds. The molecule has 2 N–H and O–H groups in total. The highest BCUT2D eigenvalue weighted by Crippen LogP contribution is 2.23. The minimum atomic E-state index is -0.125. The van der Waals surface area contributed by atoms with Gasteiger partial charge in [0.1, 0.15) is 5.82 Å². The van der Waals surface area contributed by atoms with Crippen LogP contribution in [0.5, 0.6) is 0 Å². The van der Waals surface area contributed by atoms with Gasteiger partial charge in [-0.15, -0.1) is 0 Å². The number of H-pyrrole nitrogens is 2. The third-order valence-corrected chi connectivity index (χ3v) is 3.39. The number of aromatic nitrogens is 4. The van der Waals surface area contributed by atoms with Crippen molar-refractivity contribution in [3.63, 3.8) is 0 Å². The van der Waals surface area contributed by atoms with Gasteiger partial charge in [0.2, 0.25) is 0 Å². The summed E-state index contributed by atoms with van der Waals surface area (Å²) in [5.74, 6) is 0.625. The lowest BCUT2D eigenvalue weighted by molar-refractivity contribution is -0.0148. The fraction of sp³-hybridized carbons (Fsp3) is 0.462. The maximum absolute atomic E-state index is 11.6. The maximum atomic E-state index is 11.6. The van der Waals surface area contributed by atoms with Crippen molar-refractivity contribution in [2.75, 3.05) is 19.8 Å². The average Bonchev–Trinajstić information content (AvgIpc) is 2.91. The SMILES string of the molecule is Cc1nc([C@@H]2COCCN2Cc2cnc[nH]2)cc(=O)[nH]1. The first-order valence-corrected chi connectivity index (χ1v) is 6.59. The first kappa shape index (κ1) is 13.0. The molecule has 0 aliphatic carbocycles. The summed E-state index contributed by atoms with van der Waals surface area (Å²) in [6.07, 6.45) is 3.48. The number of ether oxygens (including phenoxy) is 1. The van der Waals surface area contributed by atoms with Gasteiger partial charge in [0.05, 0.1) is 31.3 Å². The molecule has 2 aromatic heterocycles. The van der Waals surface area contributed by atoms with Gasteiger partial charge in [-0.3, -0.25) is 9.69 Å². The third kappa shape index (κ3) is 2.78. The molecule has 1 aliphatic rings. The lowest BCUT2D eigenvalue weighted by atomic mass is 10.1.